The van der Waals surface area contributed by atoms with E-state index in [9.17, 15) is 8.42 Å². The Balaban J connectivity index is 1.91. The number of hydrogen-bond donors (Lipinski definition) is 0. The Morgan fingerprint density at radius 3 is 2.45 bits per heavy atom. The van der Waals surface area contributed by atoms with Crippen molar-refractivity contribution in [3.8, 4) is 0 Å². The minimum absolute atomic E-state index is 0.114. The molecule has 0 aromatic carbocycles. The third-order valence-electron chi connectivity index (χ3n) is 4.48. The van der Waals surface area contributed by atoms with Crippen LogP contribution in [0.4, 0.5) is 0 Å². The van der Waals surface area contributed by atoms with Crippen LogP contribution in [0.5, 0.6) is 0 Å². The molecule has 0 atom stereocenters. The molecule has 1 aromatic rings. The lowest BCUT2D eigenvalue weighted by Gasteiger charge is -2.35. The molecule has 0 bridgehead atoms. The third-order valence-corrected chi connectivity index (χ3v) is 6.39. The monoisotopic (exact) mass is 329 g/mol. The van der Waals surface area contributed by atoms with Crippen molar-refractivity contribution in [1.29, 1.82) is 0 Å². The first-order chi connectivity index (χ1) is 10.4. The number of rotatable bonds is 6. The highest BCUT2D eigenvalue weighted by molar-refractivity contribution is 7.89. The number of sulfonamides is 1. The average molecular weight is 329 g/mol. The zero-order chi connectivity index (χ0) is 16.3. The molecular weight excluding hydrogens is 302 g/mol. The summed E-state index contributed by atoms with van der Waals surface area (Å²) in [6.07, 6.45) is 2.54. The first-order valence-corrected chi connectivity index (χ1v) is 9.61. The van der Waals surface area contributed by atoms with Crippen molar-refractivity contribution in [2.75, 3.05) is 25.9 Å². The highest BCUT2D eigenvalue weighted by atomic mass is 32.2. The van der Waals surface area contributed by atoms with E-state index in [0.29, 0.717) is 0 Å². The predicted molar refractivity (Wildman–Crippen MR) is 86.1 cm³/mol. The van der Waals surface area contributed by atoms with E-state index in [1.54, 1.807) is 18.3 Å². The molecule has 6 nitrogen and oxygen atoms in total. The van der Waals surface area contributed by atoms with Gasteiger partial charge in [0, 0.05) is 32.6 Å². The highest BCUT2D eigenvalue weighted by Gasteiger charge is 2.29. The lowest BCUT2D eigenvalue weighted by atomic mass is 10.1. The summed E-state index contributed by atoms with van der Waals surface area (Å²) in [5, 5.41) is 0. The minimum atomic E-state index is -3.09. The van der Waals surface area contributed by atoms with Gasteiger partial charge in [-0.05, 0) is 26.7 Å². The Bertz CT molecular complexity index is 589. The van der Waals surface area contributed by atoms with Crippen LogP contribution >= 0.6 is 0 Å². The van der Waals surface area contributed by atoms with Gasteiger partial charge in [-0.3, -0.25) is 4.90 Å². The molecule has 1 aliphatic heterocycles. The lowest BCUT2D eigenvalue weighted by Crippen LogP contribution is -2.45. The largest absolute Gasteiger partial charge is 0.444 e. The van der Waals surface area contributed by atoms with Crippen LogP contribution in [0.1, 0.15) is 44.0 Å². The molecule has 0 aliphatic carbocycles. The predicted octanol–water partition coefficient (Wildman–Crippen LogP) is 1.79. The molecule has 126 valence electrons. The first-order valence-electron chi connectivity index (χ1n) is 8.00. The van der Waals surface area contributed by atoms with Crippen LogP contribution in [0.2, 0.25) is 0 Å². The van der Waals surface area contributed by atoms with Crippen LogP contribution in [-0.2, 0) is 23.0 Å². The van der Waals surface area contributed by atoms with Gasteiger partial charge in [-0.1, -0.05) is 6.92 Å². The Kier molecular flexibility index (Phi) is 5.63. The van der Waals surface area contributed by atoms with Gasteiger partial charge in [0.2, 0.25) is 10.0 Å². The van der Waals surface area contributed by atoms with Crippen molar-refractivity contribution < 1.29 is 12.8 Å². The number of piperidine rings is 1. The Labute approximate surface area is 133 Å². The molecule has 0 radical (unpaired) electrons. The van der Waals surface area contributed by atoms with Crippen LogP contribution in [0, 0.1) is 6.92 Å². The zero-order valence-corrected chi connectivity index (χ0v) is 14.8. The van der Waals surface area contributed by atoms with Crippen molar-refractivity contribution in [3.05, 3.63) is 17.3 Å². The fourth-order valence-corrected chi connectivity index (χ4v) is 3.93. The maximum absolute atomic E-state index is 11.9. The van der Waals surface area contributed by atoms with Gasteiger partial charge in [-0.25, -0.2) is 17.7 Å². The van der Waals surface area contributed by atoms with E-state index >= 15 is 0 Å². The second kappa shape index (κ2) is 7.10. The van der Waals surface area contributed by atoms with Gasteiger partial charge in [0.15, 0.2) is 5.89 Å². The summed E-state index contributed by atoms with van der Waals surface area (Å²) in [5.74, 6) is 1.89. The molecule has 0 unspecified atom stereocenters. The molecule has 22 heavy (non-hydrogen) atoms. The molecular formula is C15H27N3O3S. The Morgan fingerprint density at radius 1 is 1.32 bits per heavy atom. The molecule has 0 saturated carbocycles. The number of oxazole rings is 1. The fraction of sp³-hybridized carbons (Fsp3) is 0.800. The summed E-state index contributed by atoms with van der Waals surface area (Å²) in [7, 11) is -1.39. The van der Waals surface area contributed by atoms with E-state index in [1.165, 1.54) is 0 Å². The molecule has 2 rings (SSSR count). The van der Waals surface area contributed by atoms with Gasteiger partial charge in [-0.2, -0.15) is 0 Å². The maximum Gasteiger partial charge on any atom is 0.213 e. The van der Waals surface area contributed by atoms with Crippen LogP contribution in [0.25, 0.3) is 0 Å². The van der Waals surface area contributed by atoms with E-state index in [0.717, 1.165) is 56.2 Å². The van der Waals surface area contributed by atoms with Gasteiger partial charge < -0.3 is 4.42 Å². The van der Waals surface area contributed by atoms with E-state index < -0.39 is 10.0 Å². The van der Waals surface area contributed by atoms with E-state index in [1.807, 2.05) is 13.8 Å². The zero-order valence-electron chi connectivity index (χ0n) is 14.0. The summed E-state index contributed by atoms with van der Waals surface area (Å²) in [5.41, 5.74) is 0.963. The molecule has 1 aromatic heterocycles. The van der Waals surface area contributed by atoms with Crippen molar-refractivity contribution >= 4 is 10.0 Å². The van der Waals surface area contributed by atoms with Gasteiger partial charge in [0.1, 0.15) is 5.76 Å². The SMILES string of the molecule is CCc1nc(C)c(CN2CCC(N(C)S(=O)(=O)CC)CC2)o1. The average Bonchev–Trinajstić information content (AvgIpc) is 2.87. The van der Waals surface area contributed by atoms with Crippen molar-refractivity contribution in [1.82, 2.24) is 14.2 Å². The smallest absolute Gasteiger partial charge is 0.213 e. The second-order valence-corrected chi connectivity index (χ2v) is 8.21. The molecule has 7 heteroatoms. The van der Waals surface area contributed by atoms with Crippen LogP contribution in [-0.4, -0.2) is 54.5 Å². The lowest BCUT2D eigenvalue weighted by molar-refractivity contribution is 0.154. The Morgan fingerprint density at radius 2 is 1.95 bits per heavy atom. The molecule has 2 heterocycles. The van der Waals surface area contributed by atoms with Crippen molar-refractivity contribution in [2.24, 2.45) is 0 Å². The second-order valence-electron chi connectivity index (χ2n) is 5.89. The molecule has 1 saturated heterocycles. The number of nitrogens with zero attached hydrogens (tertiary/aromatic N) is 3. The molecule has 0 spiro atoms. The summed E-state index contributed by atoms with van der Waals surface area (Å²) >= 11 is 0. The Hall–Kier alpha value is -0.920. The van der Waals surface area contributed by atoms with Crippen LogP contribution in [0.15, 0.2) is 4.42 Å². The first kappa shape index (κ1) is 17.4. The normalized spacial score (nSPS) is 18.2. The van der Waals surface area contributed by atoms with Gasteiger partial charge in [0.05, 0.1) is 18.0 Å². The minimum Gasteiger partial charge on any atom is -0.444 e. The third kappa shape index (κ3) is 3.88. The summed E-state index contributed by atoms with van der Waals surface area (Å²) in [4.78, 5) is 6.72. The van der Waals surface area contributed by atoms with E-state index in [-0.39, 0.29) is 11.8 Å². The topological polar surface area (TPSA) is 66.7 Å². The van der Waals surface area contributed by atoms with Crippen LogP contribution < -0.4 is 0 Å². The van der Waals surface area contributed by atoms with E-state index in [2.05, 4.69) is 9.88 Å². The number of hydrogen-bond acceptors (Lipinski definition) is 5. The summed E-state index contributed by atoms with van der Waals surface area (Å²) in [6.45, 7) is 8.23. The number of aromatic nitrogens is 1. The van der Waals surface area contributed by atoms with E-state index in [4.69, 9.17) is 4.42 Å². The highest BCUT2D eigenvalue weighted by Crippen LogP contribution is 2.21. The molecule has 1 fully saturated rings. The maximum atomic E-state index is 11.9. The molecule has 0 N–H and O–H groups in total. The van der Waals surface area contributed by atoms with Crippen molar-refractivity contribution in [3.63, 3.8) is 0 Å². The quantitative estimate of drug-likeness (QED) is 0.796. The van der Waals surface area contributed by atoms with Crippen molar-refractivity contribution in [2.45, 2.75) is 52.6 Å². The molecule has 1 aliphatic rings. The summed E-state index contributed by atoms with van der Waals surface area (Å²) in [6, 6.07) is 0.114. The van der Waals surface area contributed by atoms with Gasteiger partial charge in [-0.15, -0.1) is 0 Å². The standard InChI is InChI=1S/C15H27N3O3S/c1-5-15-16-12(3)14(21-15)11-18-9-7-13(8-10-18)17(4)22(19,20)6-2/h13H,5-11H2,1-4H3. The summed E-state index contributed by atoms with van der Waals surface area (Å²) < 4.78 is 31.2. The number of aryl methyl sites for hydroxylation is 2. The molecule has 0 amide bonds. The van der Waals surface area contributed by atoms with Gasteiger partial charge >= 0.3 is 0 Å². The van der Waals surface area contributed by atoms with Crippen LogP contribution in [0.3, 0.4) is 0 Å². The fourth-order valence-electron chi connectivity index (χ4n) is 2.86. The number of likely N-dealkylation sites (tertiary alicyclic amines) is 1. The van der Waals surface area contributed by atoms with Gasteiger partial charge in [0.25, 0.3) is 0 Å².